The van der Waals surface area contributed by atoms with Crippen LogP contribution in [0, 0.1) is 23.2 Å². The lowest BCUT2D eigenvalue weighted by molar-refractivity contribution is 0.0471. The molecule has 6 rings (SSSR count). The van der Waals surface area contributed by atoms with Crippen LogP contribution in [0.2, 0.25) is 0 Å². The molecule has 202 valence electrons. The fourth-order valence-corrected chi connectivity index (χ4v) is 7.65. The third-order valence-corrected chi connectivity index (χ3v) is 9.62. The second-order valence-electron chi connectivity index (χ2n) is 11.7. The maximum absolute atomic E-state index is 8.95. The van der Waals surface area contributed by atoms with Gasteiger partial charge in [-0.05, 0) is 129 Å². The van der Waals surface area contributed by atoms with Crippen LogP contribution in [-0.4, -0.2) is 37.7 Å². The van der Waals surface area contributed by atoms with Crippen LogP contribution < -0.4 is 10.1 Å². The number of nitriles is 1. The minimum atomic E-state index is 0.0867. The Morgan fingerprint density at radius 1 is 0.821 bits per heavy atom. The number of nitrogens with one attached hydrogen (secondary N) is 1. The number of nitrogens with zero attached hydrogens (tertiary/aromatic N) is 2. The average molecular weight is 520 g/mol. The van der Waals surface area contributed by atoms with Crippen molar-refractivity contribution in [1.29, 1.82) is 5.26 Å². The molecule has 1 N–H and O–H groups in total. The maximum atomic E-state index is 8.95. The van der Waals surface area contributed by atoms with Gasteiger partial charge < -0.3 is 15.0 Å². The summed E-state index contributed by atoms with van der Waals surface area (Å²) in [5, 5.41) is 13.2. The summed E-state index contributed by atoms with van der Waals surface area (Å²) in [5.41, 5.74) is 7.06. The molecule has 0 aromatic heterocycles. The lowest BCUT2D eigenvalue weighted by atomic mass is 9.59. The predicted molar refractivity (Wildman–Crippen MR) is 157 cm³/mol. The smallest absolute Gasteiger partial charge is 0.119 e. The first-order valence-corrected chi connectivity index (χ1v) is 15.0. The van der Waals surface area contributed by atoms with Crippen molar-refractivity contribution in [2.75, 3.05) is 32.8 Å². The van der Waals surface area contributed by atoms with Gasteiger partial charge in [0.05, 0.1) is 18.2 Å². The summed E-state index contributed by atoms with van der Waals surface area (Å²) in [4.78, 5) is 2.68. The first kappa shape index (κ1) is 26.1. The fraction of sp³-hybridized carbons (Fsp3) is 0.457. The molecule has 39 heavy (non-hydrogen) atoms. The molecule has 4 nitrogen and oxygen atoms in total. The first-order chi connectivity index (χ1) is 19.3. The highest BCUT2D eigenvalue weighted by atomic mass is 16.5. The van der Waals surface area contributed by atoms with E-state index in [0.717, 1.165) is 44.7 Å². The van der Waals surface area contributed by atoms with Gasteiger partial charge in [0, 0.05) is 12.1 Å². The molecule has 0 saturated carbocycles. The number of unbranched alkanes of at least 4 members (excludes halogenated alkanes) is 1. The first-order valence-electron chi connectivity index (χ1n) is 15.0. The number of aryl methyl sites for hydroxylation is 1. The molecule has 0 spiro atoms. The van der Waals surface area contributed by atoms with Crippen LogP contribution in [0.25, 0.3) is 0 Å². The maximum Gasteiger partial charge on any atom is 0.119 e. The minimum absolute atomic E-state index is 0.0867. The van der Waals surface area contributed by atoms with Crippen LogP contribution in [0.3, 0.4) is 0 Å². The summed E-state index contributed by atoms with van der Waals surface area (Å²) in [7, 11) is 0. The molecule has 2 atom stereocenters. The number of hydrogen-bond acceptors (Lipinski definition) is 4. The van der Waals surface area contributed by atoms with Crippen molar-refractivity contribution < 1.29 is 4.74 Å². The molecule has 0 radical (unpaired) electrons. The quantitative estimate of drug-likeness (QED) is 0.356. The van der Waals surface area contributed by atoms with E-state index in [9.17, 15) is 0 Å². The van der Waals surface area contributed by atoms with Crippen molar-refractivity contribution in [3.8, 4) is 11.8 Å². The van der Waals surface area contributed by atoms with Gasteiger partial charge in [0.1, 0.15) is 5.75 Å². The van der Waals surface area contributed by atoms with Crippen LogP contribution in [0.15, 0.2) is 72.8 Å². The molecule has 1 saturated heterocycles. The van der Waals surface area contributed by atoms with Crippen molar-refractivity contribution in [2.24, 2.45) is 11.8 Å². The van der Waals surface area contributed by atoms with Crippen LogP contribution >= 0.6 is 0 Å². The summed E-state index contributed by atoms with van der Waals surface area (Å²) < 4.78 is 5.89. The fourth-order valence-electron chi connectivity index (χ4n) is 7.65. The Morgan fingerprint density at radius 2 is 1.56 bits per heavy atom. The zero-order valence-electron chi connectivity index (χ0n) is 23.1. The zero-order chi connectivity index (χ0) is 26.5. The van der Waals surface area contributed by atoms with E-state index in [0.29, 0.717) is 17.4 Å². The molecule has 4 heteroatoms. The van der Waals surface area contributed by atoms with E-state index in [1.54, 1.807) is 22.3 Å². The summed E-state index contributed by atoms with van der Waals surface area (Å²) in [6.07, 6.45) is 9.56. The topological polar surface area (TPSA) is 48.3 Å². The Labute approximate surface area is 234 Å². The molecule has 1 aliphatic carbocycles. The lowest BCUT2D eigenvalue weighted by Gasteiger charge is -2.54. The Kier molecular flexibility index (Phi) is 8.00. The number of likely N-dealkylation sites (tertiary alicyclic amines) is 1. The molecule has 2 unspecified atom stereocenters. The zero-order valence-corrected chi connectivity index (χ0v) is 23.1. The van der Waals surface area contributed by atoms with E-state index >= 15 is 0 Å². The van der Waals surface area contributed by atoms with E-state index in [1.165, 1.54) is 45.2 Å². The Hall–Kier alpha value is -3.13. The van der Waals surface area contributed by atoms with Crippen LogP contribution in [-0.2, 0) is 24.8 Å². The number of rotatable bonds is 8. The monoisotopic (exact) mass is 519 g/mol. The largest absolute Gasteiger partial charge is 0.494 e. The molecule has 3 aliphatic rings. The van der Waals surface area contributed by atoms with E-state index in [1.807, 2.05) is 24.3 Å². The average Bonchev–Trinajstić information content (AvgIpc) is 3.01. The molecule has 2 aliphatic heterocycles. The summed E-state index contributed by atoms with van der Waals surface area (Å²) >= 11 is 0. The van der Waals surface area contributed by atoms with Crippen molar-refractivity contribution in [1.82, 2.24) is 10.2 Å². The number of ether oxygens (including phenoxy) is 1. The van der Waals surface area contributed by atoms with Gasteiger partial charge in [-0.25, -0.2) is 0 Å². The van der Waals surface area contributed by atoms with Gasteiger partial charge in [0.2, 0.25) is 0 Å². The third-order valence-electron chi connectivity index (χ3n) is 9.62. The summed E-state index contributed by atoms with van der Waals surface area (Å²) in [6.45, 7) is 5.35. The minimum Gasteiger partial charge on any atom is -0.494 e. The summed E-state index contributed by atoms with van der Waals surface area (Å²) in [5.74, 6) is 2.17. The van der Waals surface area contributed by atoms with Crippen molar-refractivity contribution in [3.63, 3.8) is 0 Å². The number of fused-ring (bicyclic) bond motifs is 2. The molecule has 2 heterocycles. The molecule has 0 amide bonds. The second-order valence-corrected chi connectivity index (χ2v) is 11.7. The lowest BCUT2D eigenvalue weighted by Crippen LogP contribution is -2.60. The Balaban J connectivity index is 1.08. The molecule has 3 aromatic rings. The van der Waals surface area contributed by atoms with Crippen LogP contribution in [0.4, 0.5) is 0 Å². The standard InChI is InChI=1S/C35H41N3O/c36-26-27-11-15-33(16-12-27)39-24-6-5-21-38-22-18-31(19-23-38)35(34-10-4-3-8-29(34)17-20-37-35)32-14-13-28-7-1-2-9-30(28)25-32/h1-4,7-12,15-16,31-32,37H,5-6,13-14,17-25H2. The molecular formula is C35H41N3O. The number of piperidine rings is 1. The van der Waals surface area contributed by atoms with Gasteiger partial charge in [-0.15, -0.1) is 0 Å². The van der Waals surface area contributed by atoms with Gasteiger partial charge in [0.25, 0.3) is 0 Å². The highest BCUT2D eigenvalue weighted by Crippen LogP contribution is 2.49. The normalized spacial score (nSPS) is 23.4. The van der Waals surface area contributed by atoms with E-state index in [-0.39, 0.29) is 5.54 Å². The van der Waals surface area contributed by atoms with E-state index in [4.69, 9.17) is 10.00 Å². The van der Waals surface area contributed by atoms with Gasteiger partial charge >= 0.3 is 0 Å². The molecule has 0 bridgehead atoms. The van der Waals surface area contributed by atoms with E-state index < -0.39 is 0 Å². The van der Waals surface area contributed by atoms with Gasteiger partial charge in [-0.1, -0.05) is 48.5 Å². The molecule has 1 fully saturated rings. The van der Waals surface area contributed by atoms with Crippen LogP contribution in [0.5, 0.6) is 5.75 Å². The predicted octanol–water partition coefficient (Wildman–Crippen LogP) is 6.28. The molecule has 3 aromatic carbocycles. The highest BCUT2D eigenvalue weighted by Gasteiger charge is 2.49. The Bertz CT molecular complexity index is 1290. The van der Waals surface area contributed by atoms with Gasteiger partial charge in [0.15, 0.2) is 0 Å². The van der Waals surface area contributed by atoms with Gasteiger partial charge in [-0.3, -0.25) is 0 Å². The third kappa shape index (κ3) is 5.49. The SMILES string of the molecule is N#Cc1ccc(OCCCCN2CCC(C3(C4CCc5ccccc5C4)NCCc4ccccc43)CC2)cc1. The van der Waals surface area contributed by atoms with Crippen molar-refractivity contribution in [3.05, 3.63) is 101 Å². The van der Waals surface area contributed by atoms with Gasteiger partial charge in [-0.2, -0.15) is 5.26 Å². The van der Waals surface area contributed by atoms with Crippen molar-refractivity contribution >= 4 is 0 Å². The summed E-state index contributed by atoms with van der Waals surface area (Å²) in [6, 6.07) is 28.1. The highest BCUT2D eigenvalue weighted by molar-refractivity contribution is 5.40. The second kappa shape index (κ2) is 11.9. The molecular weight excluding hydrogens is 478 g/mol. The number of benzene rings is 3. The Morgan fingerprint density at radius 3 is 2.36 bits per heavy atom. The van der Waals surface area contributed by atoms with Crippen molar-refractivity contribution in [2.45, 2.75) is 56.9 Å². The van der Waals surface area contributed by atoms with E-state index in [2.05, 4.69) is 64.8 Å². The number of hydrogen-bond donors (Lipinski definition) is 1. The van der Waals surface area contributed by atoms with Crippen LogP contribution in [0.1, 0.15) is 59.9 Å².